The number of rotatable bonds is 5. The third-order valence-electron chi connectivity index (χ3n) is 3.60. The summed E-state index contributed by atoms with van der Waals surface area (Å²) in [6.07, 6.45) is 0.994. The Balaban J connectivity index is 1.57. The van der Waals surface area contributed by atoms with Crippen LogP contribution in [0.4, 0.5) is 10.1 Å². The summed E-state index contributed by atoms with van der Waals surface area (Å²) in [5.41, 5.74) is 8.05. The number of amides is 1. The molecule has 1 fully saturated rings. The molecule has 0 bridgehead atoms. The summed E-state index contributed by atoms with van der Waals surface area (Å²) >= 11 is 0. The molecule has 23 heavy (non-hydrogen) atoms. The third-order valence-corrected chi connectivity index (χ3v) is 3.60. The highest BCUT2D eigenvalue weighted by molar-refractivity contribution is 5.91. The Morgan fingerprint density at radius 2 is 2.13 bits per heavy atom. The fourth-order valence-corrected chi connectivity index (χ4v) is 2.47. The number of hydrogen-bond acceptors (Lipinski definition) is 4. The first-order chi connectivity index (χ1) is 11.2. The predicted octanol–water partition coefficient (Wildman–Crippen LogP) is 2.38. The van der Waals surface area contributed by atoms with Crippen LogP contribution < -0.4 is 20.9 Å². The van der Waals surface area contributed by atoms with Crippen LogP contribution in [0, 0.1) is 5.82 Å². The molecule has 3 N–H and O–H groups in total. The summed E-state index contributed by atoms with van der Waals surface area (Å²) in [4.78, 5) is 11.9. The van der Waals surface area contributed by atoms with Crippen LogP contribution >= 0.6 is 0 Å². The zero-order valence-corrected chi connectivity index (χ0v) is 12.5. The van der Waals surface area contributed by atoms with E-state index >= 15 is 0 Å². The van der Waals surface area contributed by atoms with Crippen molar-refractivity contribution < 1.29 is 13.9 Å². The number of hydrazine groups is 1. The molecular weight excluding hydrogens is 297 g/mol. The Morgan fingerprint density at radius 1 is 1.26 bits per heavy atom. The lowest BCUT2D eigenvalue weighted by atomic mass is 10.1. The second kappa shape index (κ2) is 7.21. The maximum Gasteiger partial charge on any atom is 0.262 e. The van der Waals surface area contributed by atoms with Crippen LogP contribution in [-0.4, -0.2) is 19.1 Å². The van der Waals surface area contributed by atoms with Gasteiger partial charge >= 0.3 is 0 Å². The van der Waals surface area contributed by atoms with E-state index in [1.165, 1.54) is 12.1 Å². The maximum absolute atomic E-state index is 13.4. The zero-order chi connectivity index (χ0) is 16.1. The highest BCUT2D eigenvalue weighted by Crippen LogP contribution is 2.22. The Hall–Kier alpha value is -2.44. The van der Waals surface area contributed by atoms with Crippen LogP contribution in [0.5, 0.6) is 5.75 Å². The molecule has 0 saturated carbocycles. The van der Waals surface area contributed by atoms with Crippen molar-refractivity contribution in [1.82, 2.24) is 10.9 Å². The molecule has 6 heteroatoms. The second-order valence-electron chi connectivity index (χ2n) is 5.31. The van der Waals surface area contributed by atoms with Gasteiger partial charge in [-0.25, -0.2) is 4.39 Å². The molecule has 1 aliphatic heterocycles. The highest BCUT2D eigenvalue weighted by Gasteiger charge is 2.16. The smallest absolute Gasteiger partial charge is 0.262 e. The van der Waals surface area contributed by atoms with E-state index in [2.05, 4.69) is 16.2 Å². The van der Waals surface area contributed by atoms with Gasteiger partial charge in [0, 0.05) is 18.3 Å². The van der Waals surface area contributed by atoms with Crippen LogP contribution in [0.3, 0.4) is 0 Å². The van der Waals surface area contributed by atoms with Gasteiger partial charge in [-0.15, -0.1) is 0 Å². The van der Waals surface area contributed by atoms with Crippen molar-refractivity contribution in [1.29, 1.82) is 0 Å². The molecule has 1 unspecified atom stereocenters. The number of anilines is 1. The molecule has 3 rings (SSSR count). The van der Waals surface area contributed by atoms with Gasteiger partial charge in [0.2, 0.25) is 0 Å². The SMILES string of the molecule is O=C(COc1ccccc1F)Nc1cccc(C2CCNN2)c1. The van der Waals surface area contributed by atoms with E-state index in [1.54, 1.807) is 12.1 Å². The first kappa shape index (κ1) is 15.5. The van der Waals surface area contributed by atoms with Gasteiger partial charge in [-0.05, 0) is 36.2 Å². The highest BCUT2D eigenvalue weighted by atomic mass is 19.1. The van der Waals surface area contributed by atoms with Crippen LogP contribution in [0.15, 0.2) is 48.5 Å². The fourth-order valence-electron chi connectivity index (χ4n) is 2.47. The topological polar surface area (TPSA) is 62.4 Å². The first-order valence-corrected chi connectivity index (χ1v) is 7.48. The Kier molecular flexibility index (Phi) is 4.85. The molecule has 0 spiro atoms. The number of carbonyl (C=O) groups is 1. The van der Waals surface area contributed by atoms with Crippen LogP contribution in [0.1, 0.15) is 18.0 Å². The van der Waals surface area contributed by atoms with Crippen molar-refractivity contribution in [3.63, 3.8) is 0 Å². The number of halogens is 1. The lowest BCUT2D eigenvalue weighted by Gasteiger charge is -2.12. The van der Waals surface area contributed by atoms with Gasteiger partial charge in [-0.3, -0.25) is 15.6 Å². The summed E-state index contributed by atoms with van der Waals surface area (Å²) in [5.74, 6) is -0.748. The van der Waals surface area contributed by atoms with Crippen LogP contribution in [0.2, 0.25) is 0 Å². The van der Waals surface area contributed by atoms with E-state index in [9.17, 15) is 9.18 Å². The molecular formula is C17H18FN3O2. The molecule has 1 amide bonds. The summed E-state index contributed by atoms with van der Waals surface area (Å²) < 4.78 is 18.6. The lowest BCUT2D eigenvalue weighted by molar-refractivity contribution is -0.118. The third kappa shape index (κ3) is 4.06. The molecule has 1 saturated heterocycles. The van der Waals surface area contributed by atoms with E-state index in [1.807, 2.05) is 24.3 Å². The minimum absolute atomic E-state index is 0.0673. The normalized spacial score (nSPS) is 17.0. The van der Waals surface area contributed by atoms with Gasteiger partial charge in [-0.1, -0.05) is 24.3 Å². The largest absolute Gasteiger partial charge is 0.481 e. The van der Waals surface area contributed by atoms with Crippen molar-refractivity contribution in [3.05, 3.63) is 59.9 Å². The van der Waals surface area contributed by atoms with Crippen molar-refractivity contribution in [2.24, 2.45) is 0 Å². The number of hydrogen-bond donors (Lipinski definition) is 3. The van der Waals surface area contributed by atoms with E-state index in [4.69, 9.17) is 4.74 Å². The molecule has 2 aromatic rings. The van der Waals surface area contributed by atoms with E-state index in [0.29, 0.717) is 5.69 Å². The number of benzene rings is 2. The molecule has 2 aromatic carbocycles. The molecule has 0 radical (unpaired) electrons. The fraction of sp³-hybridized carbons (Fsp3) is 0.235. The number of ether oxygens (including phenoxy) is 1. The molecule has 5 nitrogen and oxygen atoms in total. The minimum atomic E-state index is -0.484. The molecule has 1 heterocycles. The van der Waals surface area contributed by atoms with Gasteiger partial charge in [-0.2, -0.15) is 0 Å². The molecule has 0 aromatic heterocycles. The lowest BCUT2D eigenvalue weighted by Crippen LogP contribution is -2.25. The van der Waals surface area contributed by atoms with Gasteiger partial charge < -0.3 is 10.1 Å². The number of nitrogens with one attached hydrogen (secondary N) is 3. The number of carbonyl (C=O) groups excluding carboxylic acids is 1. The molecule has 0 aliphatic carbocycles. The van der Waals surface area contributed by atoms with Crippen LogP contribution in [0.25, 0.3) is 0 Å². The maximum atomic E-state index is 13.4. The average Bonchev–Trinajstić information content (AvgIpc) is 3.09. The summed E-state index contributed by atoms with van der Waals surface area (Å²) in [7, 11) is 0. The zero-order valence-electron chi connectivity index (χ0n) is 12.5. The predicted molar refractivity (Wildman–Crippen MR) is 85.5 cm³/mol. The van der Waals surface area contributed by atoms with Gasteiger partial charge in [0.1, 0.15) is 0 Å². The minimum Gasteiger partial charge on any atom is -0.481 e. The van der Waals surface area contributed by atoms with E-state index < -0.39 is 5.82 Å². The Morgan fingerprint density at radius 3 is 2.91 bits per heavy atom. The quantitative estimate of drug-likeness (QED) is 0.793. The average molecular weight is 315 g/mol. The monoisotopic (exact) mass is 315 g/mol. The Labute approximate surface area is 133 Å². The Bertz CT molecular complexity index is 687. The second-order valence-corrected chi connectivity index (χ2v) is 5.31. The van der Waals surface area contributed by atoms with Gasteiger partial charge in [0.05, 0.1) is 0 Å². The van der Waals surface area contributed by atoms with Crippen molar-refractivity contribution in [3.8, 4) is 5.75 Å². The summed E-state index contributed by atoms with van der Waals surface area (Å²) in [5, 5.41) is 2.76. The van der Waals surface area contributed by atoms with Crippen molar-refractivity contribution >= 4 is 11.6 Å². The first-order valence-electron chi connectivity index (χ1n) is 7.48. The molecule has 120 valence electrons. The molecule has 1 aliphatic rings. The van der Waals surface area contributed by atoms with Crippen LogP contribution in [-0.2, 0) is 4.79 Å². The van der Waals surface area contributed by atoms with E-state index in [0.717, 1.165) is 18.5 Å². The van der Waals surface area contributed by atoms with Gasteiger partial charge in [0.15, 0.2) is 18.2 Å². The van der Waals surface area contributed by atoms with E-state index in [-0.39, 0.29) is 24.3 Å². The van der Waals surface area contributed by atoms with Crippen molar-refractivity contribution in [2.45, 2.75) is 12.5 Å². The summed E-state index contributed by atoms with van der Waals surface area (Å²) in [6, 6.07) is 13.9. The van der Waals surface area contributed by atoms with Crippen molar-refractivity contribution in [2.75, 3.05) is 18.5 Å². The standard InChI is InChI=1S/C17H18FN3O2/c18-14-6-1-2-7-16(14)23-11-17(22)20-13-5-3-4-12(10-13)15-8-9-19-21-15/h1-7,10,15,19,21H,8-9,11H2,(H,20,22). The molecule has 1 atom stereocenters. The number of para-hydroxylation sites is 1. The van der Waals surface area contributed by atoms with Gasteiger partial charge in [0.25, 0.3) is 5.91 Å². The summed E-state index contributed by atoms with van der Waals surface area (Å²) in [6.45, 7) is 0.673.